The Morgan fingerprint density at radius 3 is 2.27 bits per heavy atom. The fraction of sp³-hybridized carbons (Fsp3) is 0.389. The van der Waals surface area contributed by atoms with Crippen molar-refractivity contribution in [2.24, 2.45) is 0 Å². The first-order valence-corrected chi connectivity index (χ1v) is 10.6. The van der Waals surface area contributed by atoms with Gasteiger partial charge in [-0.15, -0.1) is 11.3 Å². The summed E-state index contributed by atoms with van der Waals surface area (Å²) in [5.41, 5.74) is 0.727. The number of carbonyl (C=O) groups is 1. The molecule has 1 saturated heterocycles. The van der Waals surface area contributed by atoms with E-state index in [1.807, 2.05) is 18.7 Å². The van der Waals surface area contributed by atoms with Crippen LogP contribution in [-0.2, 0) is 10.0 Å². The average Bonchev–Trinajstić information content (AvgIpc) is 2.94. The Labute approximate surface area is 157 Å². The first-order valence-electron chi connectivity index (χ1n) is 8.33. The third-order valence-electron chi connectivity index (χ3n) is 4.55. The number of hydrogen-bond donors (Lipinski definition) is 0. The maximum Gasteiger partial charge on any atom is 0.244 e. The molecule has 140 valence electrons. The molecule has 1 fully saturated rings. The SMILES string of the molecule is CC(=O)c1ccc(N2CCN(S(=O)(=O)c3cc(C)sc3C)CC2)c(F)c1. The quantitative estimate of drug-likeness (QED) is 0.745. The van der Waals surface area contributed by atoms with Crippen molar-refractivity contribution in [2.45, 2.75) is 25.7 Å². The highest BCUT2D eigenvalue weighted by atomic mass is 32.2. The summed E-state index contributed by atoms with van der Waals surface area (Å²) < 4.78 is 41.5. The second-order valence-electron chi connectivity index (χ2n) is 6.39. The van der Waals surface area contributed by atoms with Gasteiger partial charge in [0.05, 0.1) is 10.6 Å². The van der Waals surface area contributed by atoms with Gasteiger partial charge in [-0.1, -0.05) is 0 Å². The van der Waals surface area contributed by atoms with Crippen LogP contribution in [0.5, 0.6) is 0 Å². The third kappa shape index (κ3) is 3.54. The lowest BCUT2D eigenvalue weighted by molar-refractivity contribution is 0.101. The molecule has 1 aliphatic rings. The number of hydrogen-bond acceptors (Lipinski definition) is 5. The maximum absolute atomic E-state index is 14.3. The molecule has 0 saturated carbocycles. The van der Waals surface area contributed by atoms with Gasteiger partial charge >= 0.3 is 0 Å². The number of carbonyl (C=O) groups excluding carboxylic acids is 1. The first kappa shape index (κ1) is 19.0. The van der Waals surface area contributed by atoms with Gasteiger partial charge in [0, 0.05) is 41.5 Å². The summed E-state index contributed by atoms with van der Waals surface area (Å²) in [7, 11) is -3.53. The van der Waals surface area contributed by atoms with Gasteiger partial charge in [0.15, 0.2) is 5.78 Å². The van der Waals surface area contributed by atoms with E-state index < -0.39 is 15.8 Å². The molecule has 8 heteroatoms. The number of thiophene rings is 1. The highest BCUT2D eigenvalue weighted by Crippen LogP contribution is 2.29. The molecule has 0 N–H and O–H groups in total. The van der Waals surface area contributed by atoms with Crippen molar-refractivity contribution in [1.82, 2.24) is 4.31 Å². The van der Waals surface area contributed by atoms with Crippen molar-refractivity contribution in [2.75, 3.05) is 31.1 Å². The van der Waals surface area contributed by atoms with E-state index in [0.29, 0.717) is 42.3 Å². The highest BCUT2D eigenvalue weighted by Gasteiger charge is 2.31. The van der Waals surface area contributed by atoms with E-state index in [1.165, 1.54) is 28.6 Å². The summed E-state index contributed by atoms with van der Waals surface area (Å²) in [6.07, 6.45) is 0. The molecule has 0 bridgehead atoms. The minimum atomic E-state index is -3.53. The van der Waals surface area contributed by atoms with Crippen LogP contribution in [0.25, 0.3) is 0 Å². The Balaban J connectivity index is 1.75. The topological polar surface area (TPSA) is 57.7 Å². The molecule has 0 radical (unpaired) electrons. The Hall–Kier alpha value is -1.77. The number of anilines is 1. The lowest BCUT2D eigenvalue weighted by Crippen LogP contribution is -2.49. The number of rotatable bonds is 4. The van der Waals surface area contributed by atoms with Crippen molar-refractivity contribution < 1.29 is 17.6 Å². The zero-order valence-electron chi connectivity index (χ0n) is 15.0. The van der Waals surface area contributed by atoms with Crippen molar-refractivity contribution in [3.63, 3.8) is 0 Å². The Kier molecular flexibility index (Phi) is 5.18. The molecular weight excluding hydrogens is 375 g/mol. The predicted molar refractivity (Wildman–Crippen MR) is 101 cm³/mol. The molecule has 0 atom stereocenters. The third-order valence-corrected chi connectivity index (χ3v) is 7.67. The lowest BCUT2D eigenvalue weighted by atomic mass is 10.1. The smallest absolute Gasteiger partial charge is 0.244 e. The zero-order valence-corrected chi connectivity index (χ0v) is 16.6. The highest BCUT2D eigenvalue weighted by molar-refractivity contribution is 7.89. The molecule has 1 aromatic heterocycles. The molecular formula is C18H21FN2O3S2. The fourth-order valence-corrected chi connectivity index (χ4v) is 6.10. The minimum Gasteiger partial charge on any atom is -0.367 e. The van der Waals surface area contributed by atoms with Crippen LogP contribution in [0, 0.1) is 19.7 Å². The molecule has 3 rings (SSSR count). The van der Waals surface area contributed by atoms with E-state index in [9.17, 15) is 17.6 Å². The van der Waals surface area contributed by atoms with Crippen molar-refractivity contribution in [1.29, 1.82) is 0 Å². The van der Waals surface area contributed by atoms with Crippen LogP contribution in [0.2, 0.25) is 0 Å². The molecule has 2 aromatic rings. The van der Waals surface area contributed by atoms with Gasteiger partial charge in [0.25, 0.3) is 0 Å². The Morgan fingerprint density at radius 1 is 1.12 bits per heavy atom. The van der Waals surface area contributed by atoms with Gasteiger partial charge in [-0.05, 0) is 45.0 Å². The molecule has 0 aliphatic carbocycles. The molecule has 0 unspecified atom stereocenters. The average molecular weight is 397 g/mol. The van der Waals surface area contributed by atoms with Gasteiger partial charge in [0.1, 0.15) is 5.82 Å². The number of piperazine rings is 1. The van der Waals surface area contributed by atoms with Crippen LogP contribution in [0.15, 0.2) is 29.2 Å². The number of aryl methyl sites for hydroxylation is 2. The lowest BCUT2D eigenvalue weighted by Gasteiger charge is -2.35. The van der Waals surface area contributed by atoms with Crippen LogP contribution < -0.4 is 4.90 Å². The zero-order chi connectivity index (χ0) is 19.1. The van der Waals surface area contributed by atoms with Crippen LogP contribution in [-0.4, -0.2) is 44.7 Å². The number of sulfonamides is 1. The van der Waals surface area contributed by atoms with Gasteiger partial charge in [0.2, 0.25) is 10.0 Å². The summed E-state index contributed by atoms with van der Waals surface area (Å²) in [5.74, 6) is -0.647. The summed E-state index contributed by atoms with van der Waals surface area (Å²) in [4.78, 5) is 15.3. The summed E-state index contributed by atoms with van der Waals surface area (Å²) in [5, 5.41) is 0. The van der Waals surface area contributed by atoms with Crippen LogP contribution in [0.1, 0.15) is 27.0 Å². The van der Waals surface area contributed by atoms with Gasteiger partial charge in [-0.25, -0.2) is 12.8 Å². The van der Waals surface area contributed by atoms with Crippen molar-refractivity contribution in [3.8, 4) is 0 Å². The number of benzene rings is 1. The largest absolute Gasteiger partial charge is 0.367 e. The van der Waals surface area contributed by atoms with Crippen LogP contribution in [0.3, 0.4) is 0 Å². The number of nitrogens with zero attached hydrogens (tertiary/aromatic N) is 2. The molecule has 5 nitrogen and oxygen atoms in total. The van der Waals surface area contributed by atoms with Gasteiger partial charge < -0.3 is 4.90 Å². The van der Waals surface area contributed by atoms with Gasteiger partial charge in [-0.2, -0.15) is 4.31 Å². The maximum atomic E-state index is 14.3. The Morgan fingerprint density at radius 2 is 1.77 bits per heavy atom. The van der Waals surface area contributed by atoms with E-state index >= 15 is 0 Å². The van der Waals surface area contributed by atoms with E-state index in [-0.39, 0.29) is 5.78 Å². The molecule has 2 heterocycles. The molecule has 26 heavy (non-hydrogen) atoms. The standard InChI is InChI=1S/C18H21FN2O3S2/c1-12-10-18(14(3)25-12)26(23,24)21-8-6-20(7-9-21)17-5-4-15(13(2)22)11-16(17)19/h4-5,10-11H,6-9H2,1-3H3. The number of Topliss-reactive ketones (excluding diaryl/α,β-unsaturated/α-hetero) is 1. The minimum absolute atomic E-state index is 0.187. The van der Waals surface area contributed by atoms with Crippen molar-refractivity contribution in [3.05, 3.63) is 45.4 Å². The molecule has 0 amide bonds. The molecule has 1 aromatic carbocycles. The predicted octanol–water partition coefficient (Wildman–Crippen LogP) is 3.22. The molecule has 0 spiro atoms. The fourth-order valence-electron chi connectivity index (χ4n) is 3.15. The summed E-state index contributed by atoms with van der Waals surface area (Å²) in [6, 6.07) is 6.13. The van der Waals surface area contributed by atoms with Crippen molar-refractivity contribution >= 4 is 32.8 Å². The summed E-state index contributed by atoms with van der Waals surface area (Å²) in [6.45, 7) is 6.49. The van der Waals surface area contributed by atoms with Crippen LogP contribution >= 0.6 is 11.3 Å². The van der Waals surface area contributed by atoms with E-state index in [0.717, 1.165) is 9.75 Å². The van der Waals surface area contributed by atoms with E-state index in [2.05, 4.69) is 0 Å². The van der Waals surface area contributed by atoms with E-state index in [4.69, 9.17) is 0 Å². The normalized spacial score (nSPS) is 16.1. The van der Waals surface area contributed by atoms with E-state index in [1.54, 1.807) is 18.2 Å². The molecule has 1 aliphatic heterocycles. The summed E-state index contributed by atoms with van der Waals surface area (Å²) >= 11 is 1.47. The van der Waals surface area contributed by atoms with Crippen LogP contribution in [0.4, 0.5) is 10.1 Å². The Bertz CT molecular complexity index is 945. The number of ketones is 1. The van der Waals surface area contributed by atoms with Gasteiger partial charge in [-0.3, -0.25) is 4.79 Å². The second-order valence-corrected chi connectivity index (χ2v) is 9.76. The monoisotopic (exact) mass is 396 g/mol. The second kappa shape index (κ2) is 7.09. The first-order chi connectivity index (χ1) is 12.2. The number of halogens is 1.